The quantitative estimate of drug-likeness (QED) is 0.620. The predicted molar refractivity (Wildman–Crippen MR) is 102 cm³/mol. The number of anilines is 1. The van der Waals surface area contributed by atoms with Gasteiger partial charge in [-0.25, -0.2) is 8.78 Å². The zero-order valence-corrected chi connectivity index (χ0v) is 15.5. The highest BCUT2D eigenvalue weighted by Gasteiger charge is 2.25. The molecule has 0 aliphatic carbocycles. The van der Waals surface area contributed by atoms with Crippen LogP contribution >= 0.6 is 0 Å². The van der Waals surface area contributed by atoms with Gasteiger partial charge in [-0.15, -0.1) is 0 Å². The lowest BCUT2D eigenvalue weighted by Crippen LogP contribution is -2.47. The van der Waals surface area contributed by atoms with Gasteiger partial charge in [0.2, 0.25) is 0 Å². The van der Waals surface area contributed by atoms with E-state index in [9.17, 15) is 8.78 Å². The first kappa shape index (κ1) is 18.9. The molecular weight excluding hydrogens is 336 g/mol. The summed E-state index contributed by atoms with van der Waals surface area (Å²) in [4.78, 5) is 8.73. The fraction of sp³-hybridized carbons (Fsp3) is 0.632. The first-order valence-corrected chi connectivity index (χ1v) is 9.55. The second kappa shape index (κ2) is 9.16. The molecule has 5 nitrogen and oxygen atoms in total. The fourth-order valence-corrected chi connectivity index (χ4v) is 3.74. The van der Waals surface area contributed by atoms with Crippen molar-refractivity contribution in [3.63, 3.8) is 0 Å². The average Bonchev–Trinajstić information content (AvgIpc) is 3.10. The van der Waals surface area contributed by atoms with Gasteiger partial charge in [0.05, 0.1) is 5.69 Å². The molecule has 2 aliphatic rings. The van der Waals surface area contributed by atoms with E-state index in [0.29, 0.717) is 12.2 Å². The zero-order valence-electron chi connectivity index (χ0n) is 15.5. The second-order valence-corrected chi connectivity index (χ2v) is 7.07. The van der Waals surface area contributed by atoms with Gasteiger partial charge >= 0.3 is 0 Å². The molecule has 1 unspecified atom stereocenters. The monoisotopic (exact) mass is 365 g/mol. The van der Waals surface area contributed by atoms with E-state index in [-0.39, 0.29) is 6.04 Å². The Labute approximate surface area is 154 Å². The van der Waals surface area contributed by atoms with Gasteiger partial charge in [-0.2, -0.15) is 0 Å². The lowest BCUT2D eigenvalue weighted by molar-refractivity contribution is 0.232. The largest absolute Gasteiger partial charge is 0.367 e. The Hall–Kier alpha value is -1.89. The van der Waals surface area contributed by atoms with E-state index < -0.39 is 11.6 Å². The third kappa shape index (κ3) is 5.06. The third-order valence-corrected chi connectivity index (χ3v) is 5.17. The van der Waals surface area contributed by atoms with E-state index in [1.165, 1.54) is 44.5 Å². The van der Waals surface area contributed by atoms with Crippen molar-refractivity contribution in [1.82, 2.24) is 15.5 Å². The van der Waals surface area contributed by atoms with Gasteiger partial charge in [0.1, 0.15) is 11.6 Å². The summed E-state index contributed by atoms with van der Waals surface area (Å²) in [7, 11) is 1.77. The minimum Gasteiger partial charge on any atom is -0.367 e. The van der Waals surface area contributed by atoms with Crippen molar-refractivity contribution in [3.8, 4) is 0 Å². The highest BCUT2D eigenvalue weighted by Crippen LogP contribution is 2.24. The van der Waals surface area contributed by atoms with Crippen LogP contribution in [-0.4, -0.2) is 63.2 Å². The second-order valence-electron chi connectivity index (χ2n) is 7.07. The summed E-state index contributed by atoms with van der Waals surface area (Å²) in [5.41, 5.74) is 0.462. The molecule has 1 aromatic rings. The zero-order chi connectivity index (χ0) is 18.4. The van der Waals surface area contributed by atoms with Crippen LogP contribution in [0.25, 0.3) is 0 Å². The van der Waals surface area contributed by atoms with Crippen molar-refractivity contribution in [3.05, 3.63) is 29.8 Å². The SMILES string of the molecule is CN=C(NCCN1CCCCC1)NC1CCN(c2ccc(F)cc2F)C1. The van der Waals surface area contributed by atoms with Crippen molar-refractivity contribution in [1.29, 1.82) is 0 Å². The van der Waals surface area contributed by atoms with E-state index in [1.54, 1.807) is 7.05 Å². The lowest BCUT2D eigenvalue weighted by atomic mass is 10.1. The summed E-state index contributed by atoms with van der Waals surface area (Å²) in [6, 6.07) is 3.96. The molecule has 2 N–H and O–H groups in total. The molecule has 3 rings (SSSR count). The number of piperidine rings is 1. The van der Waals surface area contributed by atoms with Crippen molar-refractivity contribution >= 4 is 11.6 Å². The van der Waals surface area contributed by atoms with Crippen LogP contribution in [0, 0.1) is 11.6 Å². The number of nitrogens with one attached hydrogen (secondary N) is 2. The van der Waals surface area contributed by atoms with Gasteiger partial charge in [0, 0.05) is 45.3 Å². The smallest absolute Gasteiger partial charge is 0.191 e. The summed E-state index contributed by atoms with van der Waals surface area (Å²) in [6.45, 7) is 5.68. The van der Waals surface area contributed by atoms with E-state index in [0.717, 1.165) is 38.1 Å². The highest BCUT2D eigenvalue weighted by atomic mass is 19.1. The predicted octanol–water partition coefficient (Wildman–Crippen LogP) is 2.19. The van der Waals surface area contributed by atoms with E-state index in [2.05, 4.69) is 20.5 Å². The van der Waals surface area contributed by atoms with Gasteiger partial charge < -0.3 is 20.4 Å². The van der Waals surface area contributed by atoms with Crippen LogP contribution < -0.4 is 15.5 Å². The van der Waals surface area contributed by atoms with E-state index in [1.807, 2.05) is 4.90 Å². The van der Waals surface area contributed by atoms with Crippen LogP contribution in [0.2, 0.25) is 0 Å². The van der Waals surface area contributed by atoms with Crippen LogP contribution in [0.15, 0.2) is 23.2 Å². The number of halogens is 2. The molecule has 1 atom stereocenters. The fourth-order valence-electron chi connectivity index (χ4n) is 3.74. The molecule has 0 amide bonds. The van der Waals surface area contributed by atoms with E-state index >= 15 is 0 Å². The summed E-state index contributed by atoms with van der Waals surface area (Å²) >= 11 is 0. The van der Waals surface area contributed by atoms with Crippen LogP contribution in [0.3, 0.4) is 0 Å². The third-order valence-electron chi connectivity index (χ3n) is 5.17. The molecule has 26 heavy (non-hydrogen) atoms. The molecule has 7 heteroatoms. The molecule has 2 fully saturated rings. The Bertz CT molecular complexity index is 616. The Morgan fingerprint density at radius 3 is 2.73 bits per heavy atom. The van der Waals surface area contributed by atoms with Gasteiger partial charge in [-0.05, 0) is 44.5 Å². The number of rotatable bonds is 5. The Balaban J connectivity index is 1.44. The Kier molecular flexibility index (Phi) is 6.66. The maximum Gasteiger partial charge on any atom is 0.191 e. The average molecular weight is 365 g/mol. The number of guanidine groups is 1. The minimum atomic E-state index is -0.543. The van der Waals surface area contributed by atoms with Crippen LogP contribution in [0.5, 0.6) is 0 Å². The Morgan fingerprint density at radius 2 is 2.00 bits per heavy atom. The molecule has 144 valence electrons. The number of hydrogen-bond donors (Lipinski definition) is 2. The summed E-state index contributed by atoms with van der Waals surface area (Å²) in [6.07, 6.45) is 4.83. The standard InChI is InChI=1S/C19H29F2N5/c1-22-19(23-8-12-25-9-3-2-4-10-25)24-16-7-11-26(14-16)18-6-5-15(20)13-17(18)21/h5-6,13,16H,2-4,7-12,14H2,1H3,(H2,22,23,24). The molecule has 0 aromatic heterocycles. The van der Waals surface area contributed by atoms with E-state index in [4.69, 9.17) is 0 Å². The summed E-state index contributed by atoms with van der Waals surface area (Å²) in [5, 5.41) is 6.79. The van der Waals surface area contributed by atoms with Crippen molar-refractivity contribution in [2.24, 2.45) is 4.99 Å². The highest BCUT2D eigenvalue weighted by molar-refractivity contribution is 5.80. The van der Waals surface area contributed by atoms with Crippen molar-refractivity contribution in [2.45, 2.75) is 31.7 Å². The lowest BCUT2D eigenvalue weighted by Gasteiger charge is -2.27. The van der Waals surface area contributed by atoms with Crippen molar-refractivity contribution in [2.75, 3.05) is 51.2 Å². The molecule has 2 aliphatic heterocycles. The van der Waals surface area contributed by atoms with Crippen LogP contribution in [0.4, 0.5) is 14.5 Å². The maximum atomic E-state index is 14.0. The molecule has 0 spiro atoms. The molecular formula is C19H29F2N5. The van der Waals surface area contributed by atoms with Gasteiger partial charge in [0.15, 0.2) is 5.96 Å². The molecule has 2 heterocycles. The first-order chi connectivity index (χ1) is 12.7. The number of hydrogen-bond acceptors (Lipinski definition) is 3. The number of aliphatic imine (C=N–C) groups is 1. The molecule has 0 radical (unpaired) electrons. The van der Waals surface area contributed by atoms with Crippen LogP contribution in [-0.2, 0) is 0 Å². The maximum absolute atomic E-state index is 14.0. The normalized spacial score (nSPS) is 21.9. The Morgan fingerprint density at radius 1 is 1.19 bits per heavy atom. The van der Waals surface area contributed by atoms with Gasteiger partial charge in [-0.3, -0.25) is 4.99 Å². The first-order valence-electron chi connectivity index (χ1n) is 9.55. The molecule has 0 saturated carbocycles. The number of likely N-dealkylation sites (tertiary alicyclic amines) is 1. The van der Waals surface area contributed by atoms with Crippen molar-refractivity contribution < 1.29 is 8.78 Å². The van der Waals surface area contributed by atoms with Crippen LogP contribution in [0.1, 0.15) is 25.7 Å². The number of benzene rings is 1. The van der Waals surface area contributed by atoms with Gasteiger partial charge in [-0.1, -0.05) is 6.42 Å². The summed E-state index contributed by atoms with van der Waals surface area (Å²) < 4.78 is 27.0. The minimum absolute atomic E-state index is 0.195. The molecule has 0 bridgehead atoms. The molecule has 1 aromatic carbocycles. The number of nitrogens with zero attached hydrogens (tertiary/aromatic N) is 3. The van der Waals surface area contributed by atoms with Gasteiger partial charge in [0.25, 0.3) is 0 Å². The topological polar surface area (TPSA) is 42.9 Å². The summed E-state index contributed by atoms with van der Waals surface area (Å²) in [5.74, 6) is -0.262. The molecule has 2 saturated heterocycles.